The van der Waals surface area contributed by atoms with Crippen LogP contribution >= 0.6 is 0 Å². The highest BCUT2D eigenvalue weighted by atomic mass is 15.3. The minimum Gasteiger partial charge on any atom is -0.354 e. The molecule has 1 aliphatic carbocycles. The molecule has 2 fully saturated rings. The molecule has 0 atom stereocenters. The highest BCUT2D eigenvalue weighted by Gasteiger charge is 2.25. The van der Waals surface area contributed by atoms with Crippen LogP contribution in [0, 0.1) is 0 Å². The van der Waals surface area contributed by atoms with Gasteiger partial charge in [0, 0.05) is 54.9 Å². The number of fused-ring (bicyclic) bond motifs is 1. The summed E-state index contributed by atoms with van der Waals surface area (Å²) in [5.41, 5.74) is 4.31. The van der Waals surface area contributed by atoms with Gasteiger partial charge in [0.05, 0.1) is 11.7 Å². The second-order valence-corrected chi connectivity index (χ2v) is 7.19. The van der Waals surface area contributed by atoms with Crippen molar-refractivity contribution in [2.75, 3.05) is 38.1 Å². The Morgan fingerprint density at radius 2 is 1.92 bits per heavy atom. The van der Waals surface area contributed by atoms with Crippen LogP contribution in [0.2, 0.25) is 0 Å². The summed E-state index contributed by atoms with van der Waals surface area (Å²) in [7, 11) is 2.17. The predicted molar refractivity (Wildman–Crippen MR) is 98.8 cm³/mol. The van der Waals surface area contributed by atoms with Crippen LogP contribution in [-0.2, 0) is 0 Å². The maximum absolute atomic E-state index is 4.59. The van der Waals surface area contributed by atoms with Gasteiger partial charge in [-0.2, -0.15) is 5.10 Å². The molecule has 0 amide bonds. The Morgan fingerprint density at radius 3 is 2.72 bits per heavy atom. The first-order valence-corrected chi connectivity index (χ1v) is 9.02. The van der Waals surface area contributed by atoms with Crippen LogP contribution in [0.15, 0.2) is 30.6 Å². The molecule has 0 aromatic carbocycles. The topological polar surface area (TPSA) is 60.9 Å². The number of pyridine rings is 2. The summed E-state index contributed by atoms with van der Waals surface area (Å²) in [4.78, 5) is 13.9. The SMILES string of the molecule is CN1CCN(c2cc(-c3n[nH]c4cnc(C5CC5)cc34)ccn2)CC1. The lowest BCUT2D eigenvalue weighted by atomic mass is 10.1. The van der Waals surface area contributed by atoms with Gasteiger partial charge < -0.3 is 9.80 Å². The number of aromatic amines is 1. The first kappa shape index (κ1) is 14.8. The molecule has 1 N–H and O–H groups in total. The molecule has 5 rings (SSSR count). The zero-order valence-corrected chi connectivity index (χ0v) is 14.4. The first-order chi connectivity index (χ1) is 12.3. The molecule has 128 valence electrons. The molecular formula is C19H22N6. The molecule has 1 saturated heterocycles. The summed E-state index contributed by atoms with van der Waals surface area (Å²) >= 11 is 0. The van der Waals surface area contributed by atoms with E-state index in [0.717, 1.165) is 54.2 Å². The first-order valence-electron chi connectivity index (χ1n) is 9.02. The van der Waals surface area contributed by atoms with E-state index in [2.05, 4.69) is 49.1 Å². The Bertz CT molecular complexity index is 905. The molecule has 3 aromatic rings. The molecular weight excluding hydrogens is 312 g/mol. The summed E-state index contributed by atoms with van der Waals surface area (Å²) in [5.74, 6) is 1.68. The zero-order chi connectivity index (χ0) is 16.8. The normalized spacial score (nSPS) is 18.8. The lowest BCUT2D eigenvalue weighted by Gasteiger charge is -2.33. The third kappa shape index (κ3) is 2.76. The number of H-pyrrole nitrogens is 1. The van der Waals surface area contributed by atoms with Gasteiger partial charge in [-0.15, -0.1) is 0 Å². The maximum Gasteiger partial charge on any atom is 0.129 e. The predicted octanol–water partition coefficient (Wildman–Crippen LogP) is 2.65. The fourth-order valence-corrected chi connectivity index (χ4v) is 3.53. The van der Waals surface area contributed by atoms with Crippen LogP contribution in [0.25, 0.3) is 22.2 Å². The summed E-state index contributed by atoms with van der Waals surface area (Å²) in [6.07, 6.45) is 6.33. The van der Waals surface area contributed by atoms with Gasteiger partial charge in [0.15, 0.2) is 0 Å². The van der Waals surface area contributed by atoms with Gasteiger partial charge in [-0.25, -0.2) is 4.98 Å². The van der Waals surface area contributed by atoms with Crippen LogP contribution < -0.4 is 4.90 Å². The lowest BCUT2D eigenvalue weighted by Crippen LogP contribution is -2.44. The number of aromatic nitrogens is 4. The van der Waals surface area contributed by atoms with E-state index in [1.54, 1.807) is 0 Å². The number of rotatable bonds is 3. The fourth-order valence-electron chi connectivity index (χ4n) is 3.53. The Hall–Kier alpha value is -2.47. The number of hydrogen-bond donors (Lipinski definition) is 1. The van der Waals surface area contributed by atoms with Crippen LogP contribution in [0.4, 0.5) is 5.82 Å². The molecule has 4 heterocycles. The average Bonchev–Trinajstić information content (AvgIpc) is 3.41. The summed E-state index contributed by atoms with van der Waals surface area (Å²) < 4.78 is 0. The van der Waals surface area contributed by atoms with Crippen molar-refractivity contribution in [3.8, 4) is 11.3 Å². The average molecular weight is 334 g/mol. The van der Waals surface area contributed by atoms with E-state index in [9.17, 15) is 0 Å². The Labute approximate surface area is 146 Å². The maximum atomic E-state index is 4.59. The van der Waals surface area contributed by atoms with Gasteiger partial charge in [0.25, 0.3) is 0 Å². The largest absolute Gasteiger partial charge is 0.354 e. The molecule has 1 aliphatic heterocycles. The van der Waals surface area contributed by atoms with E-state index >= 15 is 0 Å². The number of likely N-dealkylation sites (N-methyl/N-ethyl adjacent to an activating group) is 1. The molecule has 0 bridgehead atoms. The second-order valence-electron chi connectivity index (χ2n) is 7.19. The summed E-state index contributed by atoms with van der Waals surface area (Å²) in [6, 6.07) is 6.42. The van der Waals surface area contributed by atoms with E-state index in [-0.39, 0.29) is 0 Å². The highest BCUT2D eigenvalue weighted by Crippen LogP contribution is 2.40. The number of hydrogen-bond acceptors (Lipinski definition) is 5. The van der Waals surface area contributed by atoms with Gasteiger partial charge in [0.1, 0.15) is 11.5 Å². The number of anilines is 1. The summed E-state index contributed by atoms with van der Waals surface area (Å²) in [5, 5.41) is 8.85. The molecule has 6 heteroatoms. The second kappa shape index (κ2) is 5.81. The third-order valence-corrected chi connectivity index (χ3v) is 5.31. The van der Waals surface area contributed by atoms with E-state index in [4.69, 9.17) is 0 Å². The smallest absolute Gasteiger partial charge is 0.129 e. The van der Waals surface area contributed by atoms with Crippen molar-refractivity contribution in [2.24, 2.45) is 0 Å². The quantitative estimate of drug-likeness (QED) is 0.798. The van der Waals surface area contributed by atoms with E-state index in [1.807, 2.05) is 18.5 Å². The molecule has 25 heavy (non-hydrogen) atoms. The Kier molecular flexibility index (Phi) is 3.45. The van der Waals surface area contributed by atoms with Crippen molar-refractivity contribution in [1.29, 1.82) is 0 Å². The van der Waals surface area contributed by atoms with Crippen molar-refractivity contribution < 1.29 is 0 Å². The highest BCUT2D eigenvalue weighted by molar-refractivity contribution is 5.93. The fraction of sp³-hybridized carbons (Fsp3) is 0.421. The van der Waals surface area contributed by atoms with Crippen molar-refractivity contribution in [2.45, 2.75) is 18.8 Å². The van der Waals surface area contributed by atoms with Crippen LogP contribution in [0.3, 0.4) is 0 Å². The number of nitrogens with one attached hydrogen (secondary N) is 1. The molecule has 1 saturated carbocycles. The Morgan fingerprint density at radius 1 is 1.08 bits per heavy atom. The van der Waals surface area contributed by atoms with Crippen molar-refractivity contribution in [1.82, 2.24) is 25.1 Å². The van der Waals surface area contributed by atoms with E-state index < -0.39 is 0 Å². The van der Waals surface area contributed by atoms with Crippen LogP contribution in [0.5, 0.6) is 0 Å². The molecule has 3 aromatic heterocycles. The molecule has 2 aliphatic rings. The molecule has 6 nitrogen and oxygen atoms in total. The van der Waals surface area contributed by atoms with Crippen molar-refractivity contribution in [3.63, 3.8) is 0 Å². The van der Waals surface area contributed by atoms with E-state index in [1.165, 1.54) is 18.5 Å². The van der Waals surface area contributed by atoms with Gasteiger partial charge in [-0.3, -0.25) is 10.1 Å². The van der Waals surface area contributed by atoms with Gasteiger partial charge in [-0.1, -0.05) is 0 Å². The molecule has 0 spiro atoms. The Balaban J connectivity index is 1.51. The molecule has 0 radical (unpaired) electrons. The standard InChI is InChI=1S/C19H22N6/c1-24-6-8-25(9-7-24)18-10-14(4-5-20-18)19-15-11-16(13-2-3-13)21-12-17(15)22-23-19/h4-5,10-13H,2-3,6-9H2,1H3,(H,22,23). The van der Waals surface area contributed by atoms with Crippen molar-refractivity contribution in [3.05, 3.63) is 36.3 Å². The minimum absolute atomic E-state index is 0.644. The monoisotopic (exact) mass is 334 g/mol. The van der Waals surface area contributed by atoms with Gasteiger partial charge in [-0.05, 0) is 38.1 Å². The number of piperazine rings is 1. The number of nitrogens with zero attached hydrogens (tertiary/aromatic N) is 5. The minimum atomic E-state index is 0.644. The van der Waals surface area contributed by atoms with E-state index in [0.29, 0.717) is 5.92 Å². The van der Waals surface area contributed by atoms with Crippen LogP contribution in [0.1, 0.15) is 24.5 Å². The third-order valence-electron chi connectivity index (χ3n) is 5.31. The summed E-state index contributed by atoms with van der Waals surface area (Å²) in [6.45, 7) is 4.19. The van der Waals surface area contributed by atoms with Crippen LogP contribution in [-0.4, -0.2) is 58.3 Å². The van der Waals surface area contributed by atoms with Gasteiger partial charge >= 0.3 is 0 Å². The van der Waals surface area contributed by atoms with Gasteiger partial charge in [0.2, 0.25) is 0 Å². The van der Waals surface area contributed by atoms with Crippen molar-refractivity contribution >= 4 is 16.7 Å². The lowest BCUT2D eigenvalue weighted by molar-refractivity contribution is 0.312. The zero-order valence-electron chi connectivity index (χ0n) is 14.4. The molecule has 0 unspecified atom stereocenters.